The van der Waals surface area contributed by atoms with Crippen LogP contribution in [-0.2, 0) is 14.4 Å². The Bertz CT molecular complexity index is 601. The molecule has 2 amide bonds. The van der Waals surface area contributed by atoms with Crippen molar-refractivity contribution in [2.75, 3.05) is 0 Å². The average molecular weight is 391 g/mol. The van der Waals surface area contributed by atoms with E-state index < -0.39 is 18.0 Å². The molecule has 2 heterocycles. The zero-order valence-electron chi connectivity index (χ0n) is 11.9. The first-order chi connectivity index (χ1) is 10.2. The Kier molecular flexibility index (Phi) is 4.98. The number of aliphatic hydroxyl groups is 1. The van der Waals surface area contributed by atoms with E-state index in [-0.39, 0.29) is 23.6 Å². The summed E-state index contributed by atoms with van der Waals surface area (Å²) < 4.78 is 0.528. The Balaban J connectivity index is 2.20. The Hall–Kier alpha value is -1.32. The summed E-state index contributed by atoms with van der Waals surface area (Å²) in [6.45, 7) is 2.88. The average Bonchev–Trinajstić information content (AvgIpc) is 2.70. The smallest absolute Gasteiger partial charge is 0.353 e. The molecule has 0 radical (unpaired) electrons. The lowest BCUT2D eigenvalue weighted by Gasteiger charge is -2.44. The second-order valence-electron chi connectivity index (χ2n) is 5.07. The van der Waals surface area contributed by atoms with E-state index in [4.69, 9.17) is 0 Å². The minimum atomic E-state index is -1.18. The lowest BCUT2D eigenvalue weighted by atomic mass is 9.83. The zero-order chi connectivity index (χ0) is 16.6. The van der Waals surface area contributed by atoms with Gasteiger partial charge in [0.25, 0.3) is 0 Å². The number of carboxylic acid groups (broad SMARTS) is 1. The van der Waals surface area contributed by atoms with Gasteiger partial charge in [-0.3, -0.25) is 9.59 Å². The highest BCUT2D eigenvalue weighted by Gasteiger charge is 2.56. The largest absolute Gasteiger partial charge is 0.477 e. The van der Waals surface area contributed by atoms with Gasteiger partial charge in [0.2, 0.25) is 11.8 Å². The van der Waals surface area contributed by atoms with Gasteiger partial charge in [-0.15, -0.1) is 0 Å². The number of carboxylic acids is 1. The summed E-state index contributed by atoms with van der Waals surface area (Å²) in [6, 6.07) is -0.317. The molecule has 0 unspecified atom stereocenters. The van der Waals surface area contributed by atoms with Crippen LogP contribution in [0.5, 0.6) is 0 Å². The van der Waals surface area contributed by atoms with Crippen molar-refractivity contribution in [3.8, 4) is 0 Å². The number of fused-ring (bicyclic) bond motifs is 1. The van der Waals surface area contributed by atoms with Gasteiger partial charge in [0.15, 0.2) is 0 Å². The molecule has 9 heteroatoms. The Labute approximate surface area is 139 Å². The number of aliphatic hydroxyl groups excluding tert-OH is 1. The van der Waals surface area contributed by atoms with Crippen LogP contribution in [0.1, 0.15) is 20.3 Å². The van der Waals surface area contributed by atoms with Crippen molar-refractivity contribution in [3.05, 3.63) is 20.6 Å². The lowest BCUT2D eigenvalue weighted by Crippen LogP contribution is -2.61. The number of rotatable bonds is 5. The summed E-state index contributed by atoms with van der Waals surface area (Å²) in [5.74, 6) is -2.35. The van der Waals surface area contributed by atoms with Crippen molar-refractivity contribution in [1.82, 2.24) is 10.2 Å². The minimum absolute atomic E-state index is 0.0509. The summed E-state index contributed by atoms with van der Waals surface area (Å²) in [4.78, 5) is 36.1. The van der Waals surface area contributed by atoms with E-state index in [1.807, 2.05) is 0 Å². The molecule has 0 aromatic rings. The molecule has 2 rings (SSSR count). The minimum Gasteiger partial charge on any atom is -0.477 e. The van der Waals surface area contributed by atoms with Crippen molar-refractivity contribution < 1.29 is 24.6 Å². The highest BCUT2D eigenvalue weighted by Crippen LogP contribution is 2.49. The van der Waals surface area contributed by atoms with Crippen LogP contribution >= 0.6 is 27.7 Å². The summed E-state index contributed by atoms with van der Waals surface area (Å²) >= 11 is 4.38. The first-order valence-electron chi connectivity index (χ1n) is 6.52. The predicted molar refractivity (Wildman–Crippen MR) is 83.5 cm³/mol. The normalized spacial score (nSPS) is 25.7. The Morgan fingerprint density at radius 1 is 1.55 bits per heavy atom. The third kappa shape index (κ3) is 3.06. The SMILES string of the molecule is CC(=O)NC=C(Br)SC1=C(C(=O)O)N2C(=O)[C@H]([C@H](C)O)[C@H]2C1. The fourth-order valence-corrected chi connectivity index (χ4v) is 4.22. The van der Waals surface area contributed by atoms with Crippen LogP contribution in [0.2, 0.25) is 0 Å². The maximum atomic E-state index is 12.0. The number of aliphatic carboxylic acids is 1. The van der Waals surface area contributed by atoms with E-state index >= 15 is 0 Å². The molecule has 0 saturated carbocycles. The number of amides is 2. The lowest BCUT2D eigenvalue weighted by molar-refractivity contribution is -0.161. The number of nitrogens with zero attached hydrogens (tertiary/aromatic N) is 1. The number of β-lactam (4-membered cyclic amide) rings is 1. The number of hydrogen-bond donors (Lipinski definition) is 3. The molecule has 2 aliphatic rings. The van der Waals surface area contributed by atoms with Crippen molar-refractivity contribution in [1.29, 1.82) is 0 Å². The van der Waals surface area contributed by atoms with E-state index in [0.717, 1.165) is 11.8 Å². The topological polar surface area (TPSA) is 107 Å². The van der Waals surface area contributed by atoms with Crippen LogP contribution in [0.25, 0.3) is 0 Å². The van der Waals surface area contributed by atoms with E-state index in [1.54, 1.807) is 0 Å². The summed E-state index contributed by atoms with van der Waals surface area (Å²) in [6.07, 6.45) is 0.978. The second kappa shape index (κ2) is 6.43. The number of thioether (sulfide) groups is 1. The quantitative estimate of drug-likeness (QED) is 0.603. The molecular formula is C13H15BrN2O5S. The molecular weight excluding hydrogens is 376 g/mol. The highest BCUT2D eigenvalue weighted by molar-refractivity contribution is 9.14. The molecule has 0 aliphatic carbocycles. The fourth-order valence-electron chi connectivity index (χ4n) is 2.63. The van der Waals surface area contributed by atoms with Crippen LogP contribution in [0.3, 0.4) is 0 Å². The van der Waals surface area contributed by atoms with Crippen molar-refractivity contribution in [3.63, 3.8) is 0 Å². The van der Waals surface area contributed by atoms with Crippen LogP contribution in [0.4, 0.5) is 0 Å². The fraction of sp³-hybridized carbons (Fsp3) is 0.462. The van der Waals surface area contributed by atoms with Gasteiger partial charge < -0.3 is 20.4 Å². The van der Waals surface area contributed by atoms with Gasteiger partial charge in [0.05, 0.1) is 21.9 Å². The van der Waals surface area contributed by atoms with Crippen LogP contribution in [0, 0.1) is 5.92 Å². The summed E-state index contributed by atoms with van der Waals surface area (Å²) in [7, 11) is 0. The monoisotopic (exact) mass is 390 g/mol. The maximum absolute atomic E-state index is 12.0. The van der Waals surface area contributed by atoms with Crippen LogP contribution in [0.15, 0.2) is 20.6 Å². The van der Waals surface area contributed by atoms with Gasteiger partial charge >= 0.3 is 5.97 Å². The predicted octanol–water partition coefficient (Wildman–Crippen LogP) is 0.957. The Morgan fingerprint density at radius 3 is 2.68 bits per heavy atom. The van der Waals surface area contributed by atoms with Gasteiger partial charge in [-0.25, -0.2) is 4.79 Å². The number of hydrogen-bond acceptors (Lipinski definition) is 5. The Morgan fingerprint density at radius 2 is 2.18 bits per heavy atom. The molecule has 120 valence electrons. The van der Waals surface area contributed by atoms with Crippen LogP contribution < -0.4 is 5.32 Å². The molecule has 1 saturated heterocycles. The standard InChI is InChI=1S/C13H15BrN2O5S/c1-5(17)10-7-3-8(22-9(14)4-15-6(2)18)11(13(20)21)16(7)12(10)19/h4-5,7,10,17H,3H2,1-2H3,(H,15,18)(H,20,21)/t5-,7+,10+/m0/s1. The second-order valence-corrected chi connectivity index (χ2v) is 7.59. The molecule has 0 aromatic heterocycles. The zero-order valence-corrected chi connectivity index (χ0v) is 14.3. The number of carbonyl (C=O) groups is 3. The number of carbonyl (C=O) groups excluding carboxylic acids is 2. The van der Waals surface area contributed by atoms with E-state index in [9.17, 15) is 24.6 Å². The molecule has 22 heavy (non-hydrogen) atoms. The molecule has 0 aromatic carbocycles. The number of nitrogens with one attached hydrogen (secondary N) is 1. The van der Waals surface area contributed by atoms with Gasteiger partial charge in [-0.1, -0.05) is 11.8 Å². The molecule has 0 bridgehead atoms. The van der Waals surface area contributed by atoms with Crippen LogP contribution in [-0.4, -0.2) is 45.0 Å². The highest BCUT2D eigenvalue weighted by atomic mass is 79.9. The molecule has 3 N–H and O–H groups in total. The molecule has 2 aliphatic heterocycles. The summed E-state index contributed by atoms with van der Waals surface area (Å²) in [5.41, 5.74) is -0.0509. The van der Waals surface area contributed by atoms with E-state index in [0.29, 0.717) is 15.1 Å². The van der Waals surface area contributed by atoms with E-state index in [2.05, 4.69) is 21.2 Å². The van der Waals surface area contributed by atoms with E-state index in [1.165, 1.54) is 24.9 Å². The maximum Gasteiger partial charge on any atom is 0.353 e. The molecule has 1 fully saturated rings. The van der Waals surface area contributed by atoms with Gasteiger partial charge in [-0.05, 0) is 22.9 Å². The molecule has 3 atom stereocenters. The third-order valence-corrected chi connectivity index (χ3v) is 5.13. The first kappa shape index (κ1) is 17.0. The first-order valence-corrected chi connectivity index (χ1v) is 8.13. The molecule has 7 nitrogen and oxygen atoms in total. The summed E-state index contributed by atoms with van der Waals surface area (Å²) in [5, 5.41) is 21.5. The van der Waals surface area contributed by atoms with Crippen molar-refractivity contribution in [2.45, 2.75) is 32.4 Å². The van der Waals surface area contributed by atoms with Crippen molar-refractivity contribution in [2.24, 2.45) is 5.92 Å². The van der Waals surface area contributed by atoms with Gasteiger partial charge in [0.1, 0.15) is 5.70 Å². The molecule has 0 spiro atoms. The van der Waals surface area contributed by atoms with Crippen molar-refractivity contribution >= 4 is 45.5 Å². The third-order valence-electron chi connectivity index (χ3n) is 3.50. The number of halogens is 1. The van der Waals surface area contributed by atoms with Gasteiger partial charge in [-0.2, -0.15) is 0 Å². The van der Waals surface area contributed by atoms with Gasteiger partial charge in [0, 0.05) is 24.4 Å².